The molecule has 2 aromatic carbocycles. The van der Waals surface area contributed by atoms with Crippen LogP contribution in [0.25, 0.3) is 21.8 Å². The highest BCUT2D eigenvalue weighted by Crippen LogP contribution is 2.35. The summed E-state index contributed by atoms with van der Waals surface area (Å²) in [4.78, 5) is 8.13. The van der Waals surface area contributed by atoms with Crippen molar-refractivity contribution in [3.8, 4) is 0 Å². The molecular weight excluding hydrogens is 376 g/mol. The highest BCUT2D eigenvalue weighted by Gasteiger charge is 2.14. The Morgan fingerprint density at radius 2 is 1.96 bits per heavy atom. The molecule has 0 atom stereocenters. The third-order valence-corrected chi connectivity index (χ3v) is 5.31. The Morgan fingerprint density at radius 1 is 1.24 bits per heavy atom. The number of nitrogens with one attached hydrogen (secondary N) is 2. The van der Waals surface area contributed by atoms with Gasteiger partial charge in [0.15, 0.2) is 5.96 Å². The van der Waals surface area contributed by atoms with E-state index in [9.17, 15) is 0 Å². The van der Waals surface area contributed by atoms with Gasteiger partial charge in [0.2, 0.25) is 0 Å². The largest absolute Gasteiger partial charge is 0.370 e. The van der Waals surface area contributed by atoms with Crippen LogP contribution in [0.4, 0.5) is 5.69 Å². The standard InChI is InChI=1S/C20H25BrN4/c1-5-14(6-2)23-20(22)25-17-9-11(3)19-18(12(17)4)15-10-13(21)7-8-16(15)24-19/h7-10,14,24H,5-6H2,1-4H3,(H3,22,23,25). The molecule has 1 heterocycles. The van der Waals surface area contributed by atoms with E-state index in [1.165, 1.54) is 27.4 Å². The number of hydrogen-bond donors (Lipinski definition) is 3. The van der Waals surface area contributed by atoms with Crippen molar-refractivity contribution in [2.24, 2.45) is 10.7 Å². The molecule has 1 aromatic heterocycles. The van der Waals surface area contributed by atoms with Gasteiger partial charge in [0.1, 0.15) is 0 Å². The lowest BCUT2D eigenvalue weighted by Crippen LogP contribution is -2.25. The fourth-order valence-electron chi connectivity index (χ4n) is 3.35. The van der Waals surface area contributed by atoms with Gasteiger partial charge in [-0.05, 0) is 62.1 Å². The van der Waals surface area contributed by atoms with E-state index in [1.807, 2.05) is 0 Å². The first-order valence-electron chi connectivity index (χ1n) is 8.76. The number of aromatic nitrogens is 1. The van der Waals surface area contributed by atoms with Gasteiger partial charge in [0.25, 0.3) is 0 Å². The summed E-state index contributed by atoms with van der Waals surface area (Å²) >= 11 is 3.58. The lowest BCUT2D eigenvalue weighted by atomic mass is 10.0. The number of nitrogens with zero attached hydrogens (tertiary/aromatic N) is 1. The van der Waals surface area contributed by atoms with Gasteiger partial charge in [-0.15, -0.1) is 0 Å². The predicted octanol–water partition coefficient (Wildman–Crippen LogP) is 5.62. The van der Waals surface area contributed by atoms with Gasteiger partial charge in [0.05, 0.1) is 6.04 Å². The molecule has 0 aliphatic heterocycles. The highest BCUT2D eigenvalue weighted by atomic mass is 79.9. The number of hydrogen-bond acceptors (Lipinski definition) is 1. The molecular formula is C20H25BrN4. The molecule has 0 bridgehead atoms. The number of anilines is 1. The van der Waals surface area contributed by atoms with Gasteiger partial charge in [-0.1, -0.05) is 29.8 Å². The fourth-order valence-corrected chi connectivity index (χ4v) is 3.71. The van der Waals surface area contributed by atoms with E-state index in [-0.39, 0.29) is 6.04 Å². The quantitative estimate of drug-likeness (QED) is 0.393. The molecule has 0 radical (unpaired) electrons. The van der Waals surface area contributed by atoms with E-state index in [4.69, 9.17) is 5.73 Å². The van der Waals surface area contributed by atoms with Crippen LogP contribution in [0.3, 0.4) is 0 Å². The second kappa shape index (κ2) is 7.08. The van der Waals surface area contributed by atoms with E-state index in [0.29, 0.717) is 5.96 Å². The summed E-state index contributed by atoms with van der Waals surface area (Å²) < 4.78 is 1.08. The minimum atomic E-state index is 0.265. The molecule has 3 aromatic rings. The maximum atomic E-state index is 6.16. The average Bonchev–Trinajstić information content (AvgIpc) is 2.96. The van der Waals surface area contributed by atoms with Crippen LogP contribution in [0, 0.1) is 13.8 Å². The van der Waals surface area contributed by atoms with Crippen molar-refractivity contribution < 1.29 is 0 Å². The summed E-state index contributed by atoms with van der Waals surface area (Å²) in [6, 6.07) is 8.72. The minimum Gasteiger partial charge on any atom is -0.370 e. The molecule has 0 spiro atoms. The summed E-state index contributed by atoms with van der Waals surface area (Å²) in [5, 5.41) is 5.76. The molecule has 0 fully saturated rings. The third kappa shape index (κ3) is 3.38. The molecule has 0 aliphatic rings. The van der Waals surface area contributed by atoms with Crippen LogP contribution >= 0.6 is 15.9 Å². The number of aliphatic imine (C=N–C) groups is 1. The predicted molar refractivity (Wildman–Crippen MR) is 113 cm³/mol. The number of aromatic amines is 1. The van der Waals surface area contributed by atoms with Gasteiger partial charge in [0, 0.05) is 32.0 Å². The first-order valence-corrected chi connectivity index (χ1v) is 9.55. The SMILES string of the molecule is CCC(CC)N=C(N)Nc1cc(C)c2[nH]c3ccc(Br)cc3c2c1C. The number of halogens is 1. The number of fused-ring (bicyclic) bond motifs is 3. The Morgan fingerprint density at radius 3 is 2.64 bits per heavy atom. The van der Waals surface area contributed by atoms with Crippen LogP contribution < -0.4 is 11.1 Å². The monoisotopic (exact) mass is 400 g/mol. The van der Waals surface area contributed by atoms with Crippen molar-refractivity contribution in [1.29, 1.82) is 0 Å². The maximum Gasteiger partial charge on any atom is 0.193 e. The van der Waals surface area contributed by atoms with Crippen molar-refractivity contribution in [2.45, 2.75) is 46.6 Å². The van der Waals surface area contributed by atoms with E-state index in [2.05, 4.69) is 83.2 Å². The van der Waals surface area contributed by atoms with Crippen LogP contribution in [-0.2, 0) is 0 Å². The lowest BCUT2D eigenvalue weighted by molar-refractivity contribution is 0.631. The molecule has 5 heteroatoms. The molecule has 132 valence electrons. The van der Waals surface area contributed by atoms with Crippen LogP contribution in [0.2, 0.25) is 0 Å². The topological polar surface area (TPSA) is 66.2 Å². The molecule has 3 rings (SSSR count). The second-order valence-electron chi connectivity index (χ2n) is 6.54. The van der Waals surface area contributed by atoms with Crippen LogP contribution in [-0.4, -0.2) is 17.0 Å². The van der Waals surface area contributed by atoms with Crippen molar-refractivity contribution in [3.63, 3.8) is 0 Å². The first kappa shape index (κ1) is 17.8. The number of rotatable bonds is 4. The van der Waals surface area contributed by atoms with E-state index in [1.54, 1.807) is 0 Å². The van der Waals surface area contributed by atoms with Crippen molar-refractivity contribution >= 4 is 49.4 Å². The van der Waals surface area contributed by atoms with Gasteiger partial charge in [-0.3, -0.25) is 0 Å². The van der Waals surface area contributed by atoms with Gasteiger partial charge >= 0.3 is 0 Å². The zero-order valence-corrected chi connectivity index (χ0v) is 16.8. The van der Waals surface area contributed by atoms with Gasteiger partial charge < -0.3 is 16.0 Å². The zero-order chi connectivity index (χ0) is 18.1. The fraction of sp³-hybridized carbons (Fsp3) is 0.350. The number of aryl methyl sites for hydroxylation is 2. The Balaban J connectivity index is 2.12. The minimum absolute atomic E-state index is 0.265. The summed E-state index contributed by atoms with van der Waals surface area (Å²) in [5.41, 5.74) is 11.8. The Labute approximate surface area is 157 Å². The summed E-state index contributed by atoms with van der Waals surface area (Å²) in [6.07, 6.45) is 1.98. The maximum absolute atomic E-state index is 6.16. The van der Waals surface area contributed by atoms with E-state index < -0.39 is 0 Å². The number of guanidine groups is 1. The molecule has 0 saturated carbocycles. The molecule has 4 nitrogen and oxygen atoms in total. The van der Waals surface area contributed by atoms with Crippen molar-refractivity contribution in [3.05, 3.63) is 39.9 Å². The smallest absolute Gasteiger partial charge is 0.193 e. The summed E-state index contributed by atoms with van der Waals surface area (Å²) in [7, 11) is 0. The summed E-state index contributed by atoms with van der Waals surface area (Å²) in [5.74, 6) is 0.483. The Hall–Kier alpha value is -2.01. The molecule has 0 amide bonds. The number of H-pyrrole nitrogens is 1. The molecule has 25 heavy (non-hydrogen) atoms. The molecule has 4 N–H and O–H groups in total. The van der Waals surface area contributed by atoms with Crippen LogP contribution in [0.1, 0.15) is 37.8 Å². The average molecular weight is 401 g/mol. The number of benzene rings is 2. The molecule has 0 saturated heterocycles. The van der Waals surface area contributed by atoms with Crippen molar-refractivity contribution in [1.82, 2.24) is 4.98 Å². The third-order valence-electron chi connectivity index (χ3n) is 4.82. The van der Waals surface area contributed by atoms with Gasteiger partial charge in [-0.2, -0.15) is 0 Å². The first-order chi connectivity index (χ1) is 11.9. The Kier molecular flexibility index (Phi) is 5.04. The molecule has 0 unspecified atom stereocenters. The number of nitrogens with two attached hydrogens (primary N) is 1. The normalized spacial score (nSPS) is 12.5. The van der Waals surface area contributed by atoms with Gasteiger partial charge in [-0.25, -0.2) is 4.99 Å². The second-order valence-corrected chi connectivity index (χ2v) is 7.46. The van der Waals surface area contributed by atoms with Crippen molar-refractivity contribution in [2.75, 3.05) is 5.32 Å². The zero-order valence-electron chi connectivity index (χ0n) is 15.2. The molecule has 0 aliphatic carbocycles. The lowest BCUT2D eigenvalue weighted by Gasteiger charge is -2.14. The van der Waals surface area contributed by atoms with E-state index >= 15 is 0 Å². The highest BCUT2D eigenvalue weighted by molar-refractivity contribution is 9.10. The van der Waals surface area contributed by atoms with Crippen LogP contribution in [0.15, 0.2) is 33.7 Å². The van der Waals surface area contributed by atoms with E-state index in [0.717, 1.165) is 28.5 Å². The summed E-state index contributed by atoms with van der Waals surface area (Å²) in [6.45, 7) is 8.51. The Bertz CT molecular complexity index is 951. The van der Waals surface area contributed by atoms with Crippen LogP contribution in [0.5, 0.6) is 0 Å².